The Hall–Kier alpha value is -2.29. The van der Waals surface area contributed by atoms with Gasteiger partial charge in [0.15, 0.2) is 0 Å². The highest BCUT2D eigenvalue weighted by atomic mass is 16.4. The molecule has 0 unspecified atom stereocenters. The minimum atomic E-state index is -0.622. The van der Waals surface area contributed by atoms with Crippen molar-refractivity contribution in [3.8, 4) is 0 Å². The standard InChI is InChI=1S/C26H33NO2/c1-17(2)21-13-18-15-23-25(3,11-8-12-26(23,4)24(28)29)16-19(18)14-22(21)27-20-9-6-5-7-10-20/h5-7,9-10,13-14,17,23,27H,8,11-12,15-16H2,1-4H3,(H,28,29)/t23-,25-,26-/m1/s1. The van der Waals surface area contributed by atoms with Crippen LogP contribution >= 0.6 is 0 Å². The fraction of sp³-hybridized carbons (Fsp3) is 0.500. The van der Waals surface area contributed by atoms with Gasteiger partial charge in [-0.1, -0.05) is 51.5 Å². The molecule has 0 aromatic heterocycles. The number of carboxylic acid groups (broad SMARTS) is 1. The second-order valence-electron chi connectivity index (χ2n) is 10.0. The summed E-state index contributed by atoms with van der Waals surface area (Å²) >= 11 is 0. The van der Waals surface area contributed by atoms with Gasteiger partial charge in [0.2, 0.25) is 0 Å². The molecule has 0 aliphatic heterocycles. The molecule has 2 N–H and O–H groups in total. The Morgan fingerprint density at radius 1 is 1.10 bits per heavy atom. The van der Waals surface area contributed by atoms with Gasteiger partial charge in [-0.25, -0.2) is 0 Å². The van der Waals surface area contributed by atoms with E-state index in [2.05, 4.69) is 62.5 Å². The third-order valence-electron chi connectivity index (χ3n) is 7.61. The molecule has 2 aliphatic rings. The normalized spacial score (nSPS) is 28.5. The van der Waals surface area contributed by atoms with E-state index in [0.29, 0.717) is 5.92 Å². The van der Waals surface area contributed by atoms with Crippen molar-refractivity contribution in [1.82, 2.24) is 0 Å². The molecule has 3 atom stereocenters. The lowest BCUT2D eigenvalue weighted by atomic mass is 9.50. The fourth-order valence-corrected chi connectivity index (χ4v) is 5.90. The molecule has 0 saturated heterocycles. The maximum Gasteiger partial charge on any atom is 0.309 e. The largest absolute Gasteiger partial charge is 0.481 e. The van der Waals surface area contributed by atoms with Crippen molar-refractivity contribution in [2.75, 3.05) is 5.32 Å². The number of aliphatic carboxylic acids is 1. The van der Waals surface area contributed by atoms with Gasteiger partial charge in [0.25, 0.3) is 0 Å². The molecule has 2 aliphatic carbocycles. The fourth-order valence-electron chi connectivity index (χ4n) is 5.90. The van der Waals surface area contributed by atoms with Crippen LogP contribution in [0.2, 0.25) is 0 Å². The number of benzene rings is 2. The highest BCUT2D eigenvalue weighted by Gasteiger charge is 2.54. The van der Waals surface area contributed by atoms with Gasteiger partial charge >= 0.3 is 5.97 Å². The topological polar surface area (TPSA) is 49.3 Å². The summed E-state index contributed by atoms with van der Waals surface area (Å²) in [5, 5.41) is 13.7. The predicted octanol–water partition coefficient (Wildman–Crippen LogP) is 6.55. The molecular formula is C26H33NO2. The minimum Gasteiger partial charge on any atom is -0.481 e. The monoisotopic (exact) mass is 391 g/mol. The lowest BCUT2D eigenvalue weighted by molar-refractivity contribution is -0.160. The van der Waals surface area contributed by atoms with Gasteiger partial charge in [-0.2, -0.15) is 0 Å². The number of fused-ring (bicyclic) bond motifs is 2. The van der Waals surface area contributed by atoms with E-state index in [-0.39, 0.29) is 11.3 Å². The summed E-state index contributed by atoms with van der Waals surface area (Å²) < 4.78 is 0. The molecule has 4 rings (SSSR count). The molecule has 2 aromatic rings. The zero-order valence-corrected chi connectivity index (χ0v) is 18.1. The molecule has 29 heavy (non-hydrogen) atoms. The SMILES string of the molecule is CC(C)c1cc2c(cc1Nc1ccccc1)C[C@@]1(C)CCC[C@@](C)(C(=O)O)[C@@H]1C2. The molecule has 2 aromatic carbocycles. The molecule has 1 fully saturated rings. The second-order valence-corrected chi connectivity index (χ2v) is 10.0. The van der Waals surface area contributed by atoms with Crippen LogP contribution in [0.1, 0.15) is 69.6 Å². The summed E-state index contributed by atoms with van der Waals surface area (Å²) in [4.78, 5) is 12.2. The van der Waals surface area contributed by atoms with Gasteiger partial charge in [-0.05, 0) is 84.7 Å². The number of hydrogen-bond donors (Lipinski definition) is 2. The average molecular weight is 392 g/mol. The molecule has 3 heteroatoms. The molecule has 3 nitrogen and oxygen atoms in total. The van der Waals surface area contributed by atoms with Crippen molar-refractivity contribution in [2.24, 2.45) is 16.7 Å². The lowest BCUT2D eigenvalue weighted by Gasteiger charge is -2.53. The van der Waals surface area contributed by atoms with Crippen molar-refractivity contribution in [3.63, 3.8) is 0 Å². The molecule has 0 spiro atoms. The van der Waals surface area contributed by atoms with Crippen LogP contribution in [-0.4, -0.2) is 11.1 Å². The predicted molar refractivity (Wildman–Crippen MR) is 119 cm³/mol. The minimum absolute atomic E-state index is 0.0573. The Balaban J connectivity index is 1.76. The van der Waals surface area contributed by atoms with Gasteiger partial charge in [0.1, 0.15) is 0 Å². The second kappa shape index (κ2) is 7.19. The quantitative estimate of drug-likeness (QED) is 0.621. The first-order valence-corrected chi connectivity index (χ1v) is 10.9. The van der Waals surface area contributed by atoms with Crippen LogP contribution in [0.5, 0.6) is 0 Å². The highest BCUT2D eigenvalue weighted by molar-refractivity contribution is 5.75. The Bertz CT molecular complexity index is 920. The maximum absolute atomic E-state index is 12.2. The van der Waals surface area contributed by atoms with E-state index in [4.69, 9.17) is 0 Å². The van der Waals surface area contributed by atoms with Crippen molar-refractivity contribution in [1.29, 1.82) is 0 Å². The van der Waals surface area contributed by atoms with Crippen molar-refractivity contribution >= 4 is 17.3 Å². The molecule has 0 bridgehead atoms. The number of anilines is 2. The van der Waals surface area contributed by atoms with Gasteiger partial charge in [0, 0.05) is 11.4 Å². The van der Waals surface area contributed by atoms with Gasteiger partial charge in [0.05, 0.1) is 5.41 Å². The van der Waals surface area contributed by atoms with Crippen LogP contribution in [0.15, 0.2) is 42.5 Å². The number of hydrogen-bond acceptors (Lipinski definition) is 2. The highest BCUT2D eigenvalue weighted by Crippen LogP contribution is 2.57. The van der Waals surface area contributed by atoms with Crippen LogP contribution in [0.25, 0.3) is 0 Å². The third-order valence-corrected chi connectivity index (χ3v) is 7.61. The van der Waals surface area contributed by atoms with E-state index >= 15 is 0 Å². The van der Waals surface area contributed by atoms with E-state index in [0.717, 1.165) is 37.8 Å². The summed E-state index contributed by atoms with van der Waals surface area (Å²) in [5.74, 6) is -0.0259. The number of para-hydroxylation sites is 1. The zero-order chi connectivity index (χ0) is 20.8. The van der Waals surface area contributed by atoms with E-state index in [1.165, 1.54) is 22.4 Å². The molecular weight excluding hydrogens is 358 g/mol. The summed E-state index contributed by atoms with van der Waals surface area (Å²) in [6, 6.07) is 15.0. The number of nitrogens with one attached hydrogen (secondary N) is 1. The lowest BCUT2D eigenvalue weighted by Crippen LogP contribution is -2.51. The van der Waals surface area contributed by atoms with Crippen molar-refractivity contribution in [3.05, 3.63) is 59.2 Å². The van der Waals surface area contributed by atoms with Crippen LogP contribution in [0, 0.1) is 16.7 Å². The smallest absolute Gasteiger partial charge is 0.309 e. The Morgan fingerprint density at radius 3 is 2.48 bits per heavy atom. The number of carbonyl (C=O) groups is 1. The Morgan fingerprint density at radius 2 is 1.83 bits per heavy atom. The van der Waals surface area contributed by atoms with Gasteiger partial charge in [-0.15, -0.1) is 0 Å². The van der Waals surface area contributed by atoms with Crippen molar-refractivity contribution < 1.29 is 9.90 Å². The Kier molecular flexibility index (Phi) is 4.96. The van der Waals surface area contributed by atoms with Crippen LogP contribution < -0.4 is 5.32 Å². The first kappa shape index (κ1) is 20.0. The average Bonchev–Trinajstić information content (AvgIpc) is 2.67. The van der Waals surface area contributed by atoms with Gasteiger partial charge < -0.3 is 10.4 Å². The van der Waals surface area contributed by atoms with E-state index < -0.39 is 11.4 Å². The zero-order valence-electron chi connectivity index (χ0n) is 18.1. The maximum atomic E-state index is 12.2. The summed E-state index contributed by atoms with van der Waals surface area (Å²) in [7, 11) is 0. The molecule has 0 amide bonds. The van der Waals surface area contributed by atoms with E-state index in [1.54, 1.807) is 0 Å². The van der Waals surface area contributed by atoms with E-state index in [1.807, 2.05) is 13.0 Å². The molecule has 154 valence electrons. The molecule has 0 heterocycles. The Labute approximate surface area is 174 Å². The van der Waals surface area contributed by atoms with Crippen LogP contribution in [0.4, 0.5) is 11.4 Å². The van der Waals surface area contributed by atoms with Crippen molar-refractivity contribution in [2.45, 2.75) is 65.7 Å². The number of rotatable bonds is 4. The van der Waals surface area contributed by atoms with Crippen LogP contribution in [-0.2, 0) is 17.6 Å². The van der Waals surface area contributed by atoms with E-state index in [9.17, 15) is 9.90 Å². The number of carboxylic acids is 1. The molecule has 0 radical (unpaired) electrons. The first-order valence-electron chi connectivity index (χ1n) is 10.9. The first-order chi connectivity index (χ1) is 13.7. The summed E-state index contributed by atoms with van der Waals surface area (Å²) in [5.41, 5.74) is 5.77. The van der Waals surface area contributed by atoms with Gasteiger partial charge in [-0.3, -0.25) is 4.79 Å². The molecule has 1 saturated carbocycles. The van der Waals surface area contributed by atoms with Crippen LogP contribution in [0.3, 0.4) is 0 Å². The third kappa shape index (κ3) is 3.45. The summed E-state index contributed by atoms with van der Waals surface area (Å²) in [6.45, 7) is 8.76. The summed E-state index contributed by atoms with van der Waals surface area (Å²) in [6.07, 6.45) is 4.76.